The minimum atomic E-state index is 0.106. The van der Waals surface area contributed by atoms with Crippen LogP contribution in [0.4, 0.5) is 0 Å². The molecule has 21 heavy (non-hydrogen) atoms. The molecule has 0 aliphatic rings. The maximum Gasteiger partial charge on any atom is 0.227 e. The van der Waals surface area contributed by atoms with Gasteiger partial charge in [-0.15, -0.1) is 0 Å². The molecule has 0 saturated carbocycles. The predicted octanol–water partition coefficient (Wildman–Crippen LogP) is 3.11. The van der Waals surface area contributed by atoms with E-state index in [1.165, 1.54) is 0 Å². The van der Waals surface area contributed by atoms with E-state index >= 15 is 0 Å². The summed E-state index contributed by atoms with van der Waals surface area (Å²) in [5.41, 5.74) is 2.71. The number of pyridine rings is 1. The van der Waals surface area contributed by atoms with E-state index in [0.717, 1.165) is 16.5 Å². The molecular formula is C16H15N3O2. The molecule has 0 atom stereocenters. The lowest BCUT2D eigenvalue weighted by Crippen LogP contribution is -1.94. The number of fused-ring (bicyclic) bond motifs is 1. The second-order valence-electron chi connectivity index (χ2n) is 5.06. The molecule has 5 nitrogen and oxygen atoms in total. The van der Waals surface area contributed by atoms with Gasteiger partial charge in [0.1, 0.15) is 11.5 Å². The highest BCUT2D eigenvalue weighted by atomic mass is 16.5. The summed E-state index contributed by atoms with van der Waals surface area (Å²) in [6.45, 7) is 3.58. The third-order valence-electron chi connectivity index (χ3n) is 3.31. The number of hydrogen-bond acceptors (Lipinski definition) is 5. The van der Waals surface area contributed by atoms with Gasteiger partial charge in [0.25, 0.3) is 0 Å². The molecule has 2 heterocycles. The van der Waals surface area contributed by atoms with Gasteiger partial charge in [-0.3, -0.25) is 0 Å². The van der Waals surface area contributed by atoms with E-state index in [-0.39, 0.29) is 5.78 Å². The number of aromatic nitrogens is 3. The van der Waals surface area contributed by atoms with E-state index < -0.39 is 0 Å². The van der Waals surface area contributed by atoms with Crippen LogP contribution in [-0.2, 0) is 11.2 Å². The molecule has 0 fully saturated rings. The Balaban J connectivity index is 1.95. The first kappa shape index (κ1) is 13.4. The monoisotopic (exact) mass is 281 g/mol. The highest BCUT2D eigenvalue weighted by molar-refractivity contribution is 5.84. The normalized spacial score (nSPS) is 11.0. The quantitative estimate of drug-likeness (QED) is 0.735. The maximum atomic E-state index is 11.0. The van der Waals surface area contributed by atoms with Crippen LogP contribution in [0, 0.1) is 6.92 Å². The number of hydrogen-bond donors (Lipinski definition) is 0. The van der Waals surface area contributed by atoms with Crippen molar-refractivity contribution in [3.63, 3.8) is 0 Å². The predicted molar refractivity (Wildman–Crippen MR) is 78.8 cm³/mol. The first-order valence-electron chi connectivity index (χ1n) is 6.82. The topological polar surface area (TPSA) is 68.9 Å². The Kier molecular flexibility index (Phi) is 3.48. The van der Waals surface area contributed by atoms with E-state index in [9.17, 15) is 4.79 Å². The van der Waals surface area contributed by atoms with Crippen LogP contribution >= 0.6 is 0 Å². The fourth-order valence-corrected chi connectivity index (χ4v) is 2.21. The number of para-hydroxylation sites is 1. The SMILES string of the molecule is CC(=O)CCc1nc(-c2cc(C)c3ccccc3n2)no1. The molecule has 5 heteroatoms. The lowest BCUT2D eigenvalue weighted by Gasteiger charge is -2.03. The van der Waals surface area contributed by atoms with Gasteiger partial charge < -0.3 is 9.32 Å². The van der Waals surface area contributed by atoms with Gasteiger partial charge in [-0.05, 0) is 31.5 Å². The molecule has 3 aromatic rings. The maximum absolute atomic E-state index is 11.0. The summed E-state index contributed by atoms with van der Waals surface area (Å²) >= 11 is 0. The summed E-state index contributed by atoms with van der Waals surface area (Å²) in [6, 6.07) is 9.89. The Labute approximate surface area is 122 Å². The molecule has 0 saturated heterocycles. The molecule has 0 N–H and O–H groups in total. The van der Waals surface area contributed by atoms with Crippen molar-refractivity contribution in [2.75, 3.05) is 0 Å². The molecule has 2 aromatic heterocycles. The van der Waals surface area contributed by atoms with Crippen LogP contribution < -0.4 is 0 Å². The fraction of sp³-hybridized carbons (Fsp3) is 0.250. The van der Waals surface area contributed by atoms with Crippen molar-refractivity contribution in [1.29, 1.82) is 0 Å². The van der Waals surface area contributed by atoms with Gasteiger partial charge >= 0.3 is 0 Å². The summed E-state index contributed by atoms with van der Waals surface area (Å²) in [6.07, 6.45) is 0.876. The first-order valence-corrected chi connectivity index (χ1v) is 6.82. The van der Waals surface area contributed by atoms with Gasteiger partial charge in [-0.1, -0.05) is 23.4 Å². The minimum absolute atomic E-state index is 0.106. The van der Waals surface area contributed by atoms with Crippen LogP contribution in [0.3, 0.4) is 0 Å². The molecule has 106 valence electrons. The Bertz CT molecular complexity index is 808. The van der Waals surface area contributed by atoms with Gasteiger partial charge in [-0.25, -0.2) is 4.98 Å². The Hall–Kier alpha value is -2.56. The third kappa shape index (κ3) is 2.81. The van der Waals surface area contributed by atoms with E-state index in [0.29, 0.717) is 30.3 Å². The van der Waals surface area contributed by atoms with Crippen LogP contribution in [-0.4, -0.2) is 20.9 Å². The minimum Gasteiger partial charge on any atom is -0.339 e. The molecule has 3 rings (SSSR count). The first-order chi connectivity index (χ1) is 10.1. The van der Waals surface area contributed by atoms with Crippen LogP contribution in [0.1, 0.15) is 24.8 Å². The molecule has 1 aromatic carbocycles. The van der Waals surface area contributed by atoms with E-state index in [1.807, 2.05) is 37.3 Å². The molecule has 0 amide bonds. The zero-order valence-corrected chi connectivity index (χ0v) is 12.0. The summed E-state index contributed by atoms with van der Waals surface area (Å²) in [5, 5.41) is 5.06. The molecule has 0 aliphatic carbocycles. The molecular weight excluding hydrogens is 266 g/mol. The van der Waals surface area contributed by atoms with Crippen LogP contribution in [0.25, 0.3) is 22.4 Å². The van der Waals surface area contributed by atoms with Crippen LogP contribution in [0.15, 0.2) is 34.9 Å². The number of rotatable bonds is 4. The zero-order valence-electron chi connectivity index (χ0n) is 12.0. The van der Waals surface area contributed by atoms with Gasteiger partial charge in [-0.2, -0.15) is 4.98 Å². The lowest BCUT2D eigenvalue weighted by atomic mass is 10.1. The van der Waals surface area contributed by atoms with Crippen molar-refractivity contribution < 1.29 is 9.32 Å². The molecule has 0 unspecified atom stereocenters. The largest absolute Gasteiger partial charge is 0.339 e. The number of nitrogens with zero attached hydrogens (tertiary/aromatic N) is 3. The molecule has 0 aliphatic heterocycles. The van der Waals surface area contributed by atoms with Crippen molar-refractivity contribution in [2.24, 2.45) is 0 Å². The van der Waals surface area contributed by atoms with Crippen molar-refractivity contribution >= 4 is 16.7 Å². The standard InChI is InChI=1S/C16H15N3O2/c1-10-9-14(17-13-6-4-3-5-12(10)13)16-18-15(21-19-16)8-7-11(2)20/h3-6,9H,7-8H2,1-2H3. The summed E-state index contributed by atoms with van der Waals surface area (Å²) in [4.78, 5) is 19.9. The number of aryl methyl sites for hydroxylation is 2. The Morgan fingerprint density at radius 1 is 1.24 bits per heavy atom. The van der Waals surface area contributed by atoms with Crippen molar-refractivity contribution in [3.05, 3.63) is 41.8 Å². The number of carbonyl (C=O) groups is 1. The highest BCUT2D eigenvalue weighted by Gasteiger charge is 2.12. The number of ketones is 1. The van der Waals surface area contributed by atoms with Gasteiger partial charge in [0.2, 0.25) is 11.7 Å². The van der Waals surface area contributed by atoms with Crippen LogP contribution in [0.5, 0.6) is 0 Å². The van der Waals surface area contributed by atoms with E-state index in [4.69, 9.17) is 4.52 Å². The highest BCUT2D eigenvalue weighted by Crippen LogP contribution is 2.22. The third-order valence-corrected chi connectivity index (χ3v) is 3.31. The van der Waals surface area contributed by atoms with E-state index in [1.54, 1.807) is 6.92 Å². The zero-order chi connectivity index (χ0) is 14.8. The lowest BCUT2D eigenvalue weighted by molar-refractivity contribution is -0.117. The van der Waals surface area contributed by atoms with Gasteiger partial charge in [0, 0.05) is 18.2 Å². The van der Waals surface area contributed by atoms with Crippen molar-refractivity contribution in [3.8, 4) is 11.5 Å². The Morgan fingerprint density at radius 3 is 2.86 bits per heavy atom. The second kappa shape index (κ2) is 5.44. The van der Waals surface area contributed by atoms with Gasteiger partial charge in [0.05, 0.1) is 5.52 Å². The molecule has 0 spiro atoms. The smallest absolute Gasteiger partial charge is 0.227 e. The summed E-state index contributed by atoms with van der Waals surface area (Å²) < 4.78 is 5.17. The molecule has 0 bridgehead atoms. The number of Topliss-reactive ketones (excluding diaryl/α,β-unsaturated/α-hetero) is 1. The van der Waals surface area contributed by atoms with E-state index in [2.05, 4.69) is 15.1 Å². The second-order valence-corrected chi connectivity index (χ2v) is 5.06. The average molecular weight is 281 g/mol. The summed E-state index contributed by atoms with van der Waals surface area (Å²) in [7, 11) is 0. The number of benzene rings is 1. The Morgan fingerprint density at radius 2 is 2.05 bits per heavy atom. The van der Waals surface area contributed by atoms with Crippen molar-refractivity contribution in [1.82, 2.24) is 15.1 Å². The fourth-order valence-electron chi connectivity index (χ4n) is 2.21. The molecule has 0 radical (unpaired) electrons. The van der Waals surface area contributed by atoms with Gasteiger partial charge in [0.15, 0.2) is 0 Å². The summed E-state index contributed by atoms with van der Waals surface area (Å²) in [5.74, 6) is 1.03. The number of carbonyl (C=O) groups excluding carboxylic acids is 1. The average Bonchev–Trinajstić information content (AvgIpc) is 2.94. The van der Waals surface area contributed by atoms with Crippen LogP contribution in [0.2, 0.25) is 0 Å². The van der Waals surface area contributed by atoms with Crippen molar-refractivity contribution in [2.45, 2.75) is 26.7 Å².